The second kappa shape index (κ2) is 4.62. The first-order valence-electron chi connectivity index (χ1n) is 5.51. The summed E-state index contributed by atoms with van der Waals surface area (Å²) in [6, 6.07) is 4.60. The minimum absolute atomic E-state index is 0.539. The van der Waals surface area contributed by atoms with Gasteiger partial charge in [0.15, 0.2) is 0 Å². The topological polar surface area (TPSA) is 25.4 Å². The maximum atomic E-state index is 5.06. The fourth-order valence-electron chi connectivity index (χ4n) is 2.21. The molecule has 0 unspecified atom stereocenters. The first-order chi connectivity index (χ1) is 7.31. The summed E-state index contributed by atoms with van der Waals surface area (Å²) in [6.45, 7) is 1.19. The second-order valence-corrected chi connectivity index (χ2v) is 4.13. The van der Waals surface area contributed by atoms with Crippen LogP contribution in [0.5, 0.6) is 5.88 Å². The quantitative estimate of drug-likeness (QED) is 0.742. The molecular weight excluding hydrogens is 188 g/mol. The summed E-state index contributed by atoms with van der Waals surface area (Å²) < 4.78 is 5.06. The highest BCUT2D eigenvalue weighted by atomic mass is 16.5. The lowest BCUT2D eigenvalue weighted by atomic mass is 9.97. The molecule has 0 radical (unpaired) electrons. The Labute approximate surface area is 91.1 Å². The predicted molar refractivity (Wildman–Crippen MR) is 60.0 cm³/mol. The smallest absolute Gasteiger partial charge is 0.212 e. The summed E-state index contributed by atoms with van der Waals surface area (Å²) in [5, 5.41) is 0. The molecule has 0 N–H and O–H groups in total. The summed E-state index contributed by atoms with van der Waals surface area (Å²) in [7, 11) is 3.84. The minimum atomic E-state index is 0.539. The molecule has 3 heteroatoms. The summed E-state index contributed by atoms with van der Waals surface area (Å²) >= 11 is 0. The first kappa shape index (κ1) is 10.4. The molecule has 2 rings (SSSR count). The third-order valence-corrected chi connectivity index (χ3v) is 3.12. The molecule has 1 saturated heterocycles. The molecule has 1 aromatic rings. The molecule has 82 valence electrons. The van der Waals surface area contributed by atoms with Crippen molar-refractivity contribution in [3.63, 3.8) is 0 Å². The van der Waals surface area contributed by atoms with Crippen molar-refractivity contribution in [2.75, 3.05) is 20.7 Å². The lowest BCUT2D eigenvalue weighted by Gasteiger charge is -2.32. The van der Waals surface area contributed by atoms with Crippen molar-refractivity contribution in [1.29, 1.82) is 0 Å². The molecule has 2 heterocycles. The van der Waals surface area contributed by atoms with Gasteiger partial charge < -0.3 is 4.74 Å². The normalized spacial score (nSPS) is 22.7. The first-order valence-corrected chi connectivity index (χ1v) is 5.51. The van der Waals surface area contributed by atoms with E-state index < -0.39 is 0 Å². The number of ether oxygens (including phenoxy) is 1. The van der Waals surface area contributed by atoms with Crippen molar-refractivity contribution in [2.45, 2.75) is 25.3 Å². The SMILES string of the molecule is COc1ccc([C@@H]2CCCCN2C)cn1. The van der Waals surface area contributed by atoms with Crippen molar-refractivity contribution in [3.05, 3.63) is 23.9 Å². The number of pyridine rings is 1. The molecule has 1 aliphatic heterocycles. The Balaban J connectivity index is 2.13. The Morgan fingerprint density at radius 1 is 1.40 bits per heavy atom. The van der Waals surface area contributed by atoms with Crippen LogP contribution in [0.3, 0.4) is 0 Å². The number of piperidine rings is 1. The molecular formula is C12H18N2O. The van der Waals surface area contributed by atoms with Crippen LogP contribution in [0.4, 0.5) is 0 Å². The van der Waals surface area contributed by atoms with Crippen molar-refractivity contribution in [3.8, 4) is 5.88 Å². The third-order valence-electron chi connectivity index (χ3n) is 3.12. The van der Waals surface area contributed by atoms with Crippen molar-refractivity contribution >= 4 is 0 Å². The van der Waals surface area contributed by atoms with Crippen LogP contribution < -0.4 is 4.74 Å². The summed E-state index contributed by atoms with van der Waals surface area (Å²) in [6.07, 6.45) is 5.81. The summed E-state index contributed by atoms with van der Waals surface area (Å²) in [5.41, 5.74) is 1.30. The number of nitrogens with zero attached hydrogens (tertiary/aromatic N) is 2. The largest absolute Gasteiger partial charge is 0.481 e. The van der Waals surface area contributed by atoms with Crippen LogP contribution in [0.15, 0.2) is 18.3 Å². The fourth-order valence-corrected chi connectivity index (χ4v) is 2.21. The maximum absolute atomic E-state index is 5.06. The molecule has 0 aliphatic carbocycles. The van der Waals surface area contributed by atoms with Crippen LogP contribution in [-0.4, -0.2) is 30.6 Å². The number of hydrogen-bond acceptors (Lipinski definition) is 3. The highest BCUT2D eigenvalue weighted by Gasteiger charge is 2.20. The minimum Gasteiger partial charge on any atom is -0.481 e. The lowest BCUT2D eigenvalue weighted by Crippen LogP contribution is -2.29. The molecule has 0 amide bonds. The molecule has 0 aromatic carbocycles. The molecule has 3 nitrogen and oxygen atoms in total. The van der Waals surface area contributed by atoms with Crippen LogP contribution in [0.1, 0.15) is 30.9 Å². The standard InChI is InChI=1S/C12H18N2O/c1-14-8-4-3-5-11(14)10-6-7-12(15-2)13-9-10/h6-7,9,11H,3-5,8H2,1-2H3/t11-/m0/s1. The Morgan fingerprint density at radius 3 is 2.87 bits per heavy atom. The molecule has 0 spiro atoms. The Kier molecular flexibility index (Phi) is 3.21. The number of methoxy groups -OCH3 is 1. The van der Waals surface area contributed by atoms with Crippen LogP contribution in [0.25, 0.3) is 0 Å². The van der Waals surface area contributed by atoms with E-state index in [1.54, 1.807) is 7.11 Å². The maximum Gasteiger partial charge on any atom is 0.212 e. The van der Waals surface area contributed by atoms with Gasteiger partial charge in [-0.15, -0.1) is 0 Å². The van der Waals surface area contributed by atoms with Crippen LogP contribution >= 0.6 is 0 Å². The van der Waals surface area contributed by atoms with Gasteiger partial charge in [0.25, 0.3) is 0 Å². The van der Waals surface area contributed by atoms with Gasteiger partial charge in [0.05, 0.1) is 7.11 Å². The molecule has 0 bridgehead atoms. The molecule has 15 heavy (non-hydrogen) atoms. The van der Waals surface area contributed by atoms with E-state index in [4.69, 9.17) is 4.74 Å². The van der Waals surface area contributed by atoms with Crippen molar-refractivity contribution in [1.82, 2.24) is 9.88 Å². The van der Waals surface area contributed by atoms with Gasteiger partial charge in [-0.2, -0.15) is 0 Å². The molecule has 1 fully saturated rings. The zero-order valence-corrected chi connectivity index (χ0v) is 9.44. The van der Waals surface area contributed by atoms with E-state index in [1.165, 1.54) is 31.4 Å². The van der Waals surface area contributed by atoms with E-state index in [0.717, 1.165) is 0 Å². The van der Waals surface area contributed by atoms with E-state index in [0.29, 0.717) is 11.9 Å². The van der Waals surface area contributed by atoms with E-state index in [2.05, 4.69) is 23.0 Å². The van der Waals surface area contributed by atoms with E-state index >= 15 is 0 Å². The Hall–Kier alpha value is -1.09. The van der Waals surface area contributed by atoms with E-state index in [-0.39, 0.29) is 0 Å². The van der Waals surface area contributed by atoms with Crippen molar-refractivity contribution in [2.24, 2.45) is 0 Å². The average Bonchev–Trinajstić information content (AvgIpc) is 2.30. The zero-order valence-electron chi connectivity index (χ0n) is 9.44. The van der Waals surface area contributed by atoms with Crippen molar-refractivity contribution < 1.29 is 4.74 Å². The Morgan fingerprint density at radius 2 is 2.27 bits per heavy atom. The highest BCUT2D eigenvalue weighted by molar-refractivity contribution is 5.21. The summed E-state index contributed by atoms with van der Waals surface area (Å²) in [5.74, 6) is 0.692. The number of aromatic nitrogens is 1. The predicted octanol–water partition coefficient (Wildman–Crippen LogP) is 2.25. The van der Waals surface area contributed by atoms with Gasteiger partial charge in [-0.3, -0.25) is 4.90 Å². The Bertz CT molecular complexity index is 310. The van der Waals surface area contributed by atoms with E-state index in [1.807, 2.05) is 12.3 Å². The van der Waals surface area contributed by atoms with Gasteiger partial charge in [-0.25, -0.2) is 4.98 Å². The van der Waals surface area contributed by atoms with E-state index in [9.17, 15) is 0 Å². The van der Waals surface area contributed by atoms with Crippen LogP contribution in [-0.2, 0) is 0 Å². The fraction of sp³-hybridized carbons (Fsp3) is 0.583. The highest BCUT2D eigenvalue weighted by Crippen LogP contribution is 2.29. The van der Waals surface area contributed by atoms with Gasteiger partial charge in [0.1, 0.15) is 0 Å². The van der Waals surface area contributed by atoms with Gasteiger partial charge in [-0.1, -0.05) is 12.5 Å². The monoisotopic (exact) mass is 206 g/mol. The average molecular weight is 206 g/mol. The summed E-state index contributed by atoms with van der Waals surface area (Å²) in [4.78, 5) is 6.67. The number of likely N-dealkylation sites (tertiary alicyclic amines) is 1. The molecule has 1 aromatic heterocycles. The molecule has 1 aliphatic rings. The zero-order chi connectivity index (χ0) is 10.7. The van der Waals surface area contributed by atoms with Crippen LogP contribution in [0.2, 0.25) is 0 Å². The van der Waals surface area contributed by atoms with Gasteiger partial charge in [0, 0.05) is 18.3 Å². The van der Waals surface area contributed by atoms with Crippen LogP contribution in [0, 0.1) is 0 Å². The third kappa shape index (κ3) is 2.29. The second-order valence-electron chi connectivity index (χ2n) is 4.13. The van der Waals surface area contributed by atoms with Gasteiger partial charge in [-0.05, 0) is 32.0 Å². The number of hydrogen-bond donors (Lipinski definition) is 0. The lowest BCUT2D eigenvalue weighted by molar-refractivity contribution is 0.187. The molecule has 1 atom stereocenters. The molecule has 0 saturated carbocycles. The number of rotatable bonds is 2. The van der Waals surface area contributed by atoms with Gasteiger partial charge in [0.2, 0.25) is 5.88 Å². The van der Waals surface area contributed by atoms with Gasteiger partial charge >= 0.3 is 0 Å².